The van der Waals surface area contributed by atoms with Crippen molar-refractivity contribution in [2.45, 2.75) is 51.7 Å². The number of thioether (sulfide) groups is 1. The summed E-state index contributed by atoms with van der Waals surface area (Å²) in [7, 11) is 0. The second-order valence-corrected chi connectivity index (χ2v) is 6.41. The summed E-state index contributed by atoms with van der Waals surface area (Å²) in [6, 6.07) is 2.27. The molecule has 0 heterocycles. The topological polar surface area (TPSA) is 23.8 Å². The van der Waals surface area contributed by atoms with Gasteiger partial charge in [0, 0.05) is 10.7 Å². The first-order chi connectivity index (χ1) is 5.95. The van der Waals surface area contributed by atoms with E-state index in [0.29, 0.717) is 4.75 Å². The van der Waals surface area contributed by atoms with E-state index < -0.39 is 0 Å². The summed E-state index contributed by atoms with van der Waals surface area (Å²) in [5, 5.41) is 8.57. The maximum atomic E-state index is 8.57. The van der Waals surface area contributed by atoms with Crippen LogP contribution in [0.5, 0.6) is 0 Å². The van der Waals surface area contributed by atoms with Gasteiger partial charge in [0.15, 0.2) is 0 Å². The SMILES string of the molecule is CC(C#N)CCCCSC(C)(C)C. The molecule has 0 radical (unpaired) electrons. The maximum Gasteiger partial charge on any atom is 0.0652 e. The molecule has 1 unspecified atom stereocenters. The second kappa shape index (κ2) is 6.32. The predicted molar refractivity (Wildman–Crippen MR) is 60.8 cm³/mol. The van der Waals surface area contributed by atoms with Crippen molar-refractivity contribution in [3.05, 3.63) is 0 Å². The first-order valence-electron chi connectivity index (χ1n) is 4.99. The Morgan fingerprint density at radius 1 is 1.31 bits per heavy atom. The molecule has 0 spiro atoms. The van der Waals surface area contributed by atoms with E-state index in [1.807, 2.05) is 18.7 Å². The number of unbranched alkanes of at least 4 members (excludes halogenated alkanes) is 1. The third-order valence-corrected chi connectivity index (χ3v) is 3.15. The lowest BCUT2D eigenvalue weighted by Crippen LogP contribution is -2.08. The molecule has 1 nitrogen and oxygen atoms in total. The standard InChI is InChI=1S/C11H21NS/c1-10(9-12)7-5-6-8-13-11(2,3)4/h10H,5-8H2,1-4H3. The van der Waals surface area contributed by atoms with Crippen molar-refractivity contribution in [3.63, 3.8) is 0 Å². The summed E-state index contributed by atoms with van der Waals surface area (Å²) in [5.74, 6) is 1.46. The smallest absolute Gasteiger partial charge is 0.0652 e. The van der Waals surface area contributed by atoms with Crippen molar-refractivity contribution < 1.29 is 0 Å². The number of nitriles is 1. The highest BCUT2D eigenvalue weighted by molar-refractivity contribution is 8.00. The quantitative estimate of drug-likeness (QED) is 0.628. The molecule has 0 aliphatic carbocycles. The van der Waals surface area contributed by atoms with E-state index in [1.54, 1.807) is 0 Å². The van der Waals surface area contributed by atoms with Crippen LogP contribution in [0.4, 0.5) is 0 Å². The van der Waals surface area contributed by atoms with Gasteiger partial charge in [-0.05, 0) is 25.5 Å². The third kappa shape index (κ3) is 9.76. The van der Waals surface area contributed by atoms with Crippen molar-refractivity contribution in [1.29, 1.82) is 5.26 Å². The Balaban J connectivity index is 3.24. The van der Waals surface area contributed by atoms with Crippen molar-refractivity contribution in [2.24, 2.45) is 5.92 Å². The highest BCUT2D eigenvalue weighted by Gasteiger charge is 2.09. The van der Waals surface area contributed by atoms with Crippen LogP contribution in [0.15, 0.2) is 0 Å². The van der Waals surface area contributed by atoms with Gasteiger partial charge in [0.25, 0.3) is 0 Å². The molecule has 0 aromatic carbocycles. The summed E-state index contributed by atoms with van der Waals surface area (Å²) >= 11 is 2.01. The predicted octanol–water partition coefficient (Wildman–Crippen LogP) is 3.85. The van der Waals surface area contributed by atoms with Gasteiger partial charge >= 0.3 is 0 Å². The number of hydrogen-bond acceptors (Lipinski definition) is 2. The first kappa shape index (κ1) is 12.8. The fraction of sp³-hybridized carbons (Fsp3) is 0.909. The Morgan fingerprint density at radius 3 is 2.38 bits per heavy atom. The Bertz CT molecular complexity index is 164. The van der Waals surface area contributed by atoms with Gasteiger partial charge in [-0.1, -0.05) is 27.2 Å². The van der Waals surface area contributed by atoms with Crippen LogP contribution < -0.4 is 0 Å². The summed E-state index contributed by atoms with van der Waals surface area (Å²) in [6.45, 7) is 8.73. The van der Waals surface area contributed by atoms with Gasteiger partial charge in [0.05, 0.1) is 6.07 Å². The lowest BCUT2D eigenvalue weighted by molar-refractivity contribution is 0.609. The molecule has 13 heavy (non-hydrogen) atoms. The highest BCUT2D eigenvalue weighted by atomic mass is 32.2. The molecule has 0 aromatic rings. The minimum absolute atomic E-state index is 0.236. The monoisotopic (exact) mass is 199 g/mol. The minimum atomic E-state index is 0.236. The zero-order chi connectivity index (χ0) is 10.3. The van der Waals surface area contributed by atoms with Crippen LogP contribution in [0.2, 0.25) is 0 Å². The van der Waals surface area contributed by atoms with Gasteiger partial charge in [-0.3, -0.25) is 0 Å². The fourth-order valence-electron chi connectivity index (χ4n) is 0.995. The molecule has 0 fully saturated rings. The van der Waals surface area contributed by atoms with E-state index in [1.165, 1.54) is 18.6 Å². The molecular formula is C11H21NS. The van der Waals surface area contributed by atoms with E-state index >= 15 is 0 Å². The van der Waals surface area contributed by atoms with E-state index in [9.17, 15) is 0 Å². The minimum Gasteiger partial charge on any atom is -0.198 e. The van der Waals surface area contributed by atoms with E-state index in [-0.39, 0.29) is 5.92 Å². The molecular weight excluding hydrogens is 178 g/mol. The van der Waals surface area contributed by atoms with Crippen LogP contribution in [0.3, 0.4) is 0 Å². The first-order valence-corrected chi connectivity index (χ1v) is 5.98. The maximum absolute atomic E-state index is 8.57. The van der Waals surface area contributed by atoms with Gasteiger partial charge in [0.1, 0.15) is 0 Å². The normalized spacial score (nSPS) is 13.8. The van der Waals surface area contributed by atoms with Gasteiger partial charge in [-0.2, -0.15) is 17.0 Å². The number of hydrogen-bond donors (Lipinski definition) is 0. The summed E-state index contributed by atoms with van der Waals surface area (Å²) in [6.07, 6.45) is 3.49. The molecule has 0 bridgehead atoms. The van der Waals surface area contributed by atoms with Crippen LogP contribution in [0, 0.1) is 17.2 Å². The van der Waals surface area contributed by atoms with Crippen LogP contribution >= 0.6 is 11.8 Å². The van der Waals surface area contributed by atoms with Crippen molar-refractivity contribution in [3.8, 4) is 6.07 Å². The van der Waals surface area contributed by atoms with Crippen molar-refractivity contribution in [1.82, 2.24) is 0 Å². The molecule has 0 aromatic heterocycles. The van der Waals surface area contributed by atoms with Crippen molar-refractivity contribution >= 4 is 11.8 Å². The van der Waals surface area contributed by atoms with Crippen molar-refractivity contribution in [2.75, 3.05) is 5.75 Å². The molecule has 0 rings (SSSR count). The zero-order valence-electron chi connectivity index (χ0n) is 9.26. The molecule has 2 heteroatoms. The van der Waals surface area contributed by atoms with Crippen LogP contribution in [0.25, 0.3) is 0 Å². The van der Waals surface area contributed by atoms with Gasteiger partial charge in [-0.15, -0.1) is 0 Å². The molecule has 0 aliphatic heterocycles. The third-order valence-electron chi connectivity index (χ3n) is 1.79. The molecule has 0 N–H and O–H groups in total. The van der Waals surface area contributed by atoms with Gasteiger partial charge in [-0.25, -0.2) is 0 Å². The Morgan fingerprint density at radius 2 is 1.92 bits per heavy atom. The number of nitrogens with zero attached hydrogens (tertiary/aromatic N) is 1. The highest BCUT2D eigenvalue weighted by Crippen LogP contribution is 2.24. The van der Waals surface area contributed by atoms with E-state index in [2.05, 4.69) is 26.8 Å². The van der Waals surface area contributed by atoms with Crippen LogP contribution in [-0.4, -0.2) is 10.5 Å². The largest absolute Gasteiger partial charge is 0.198 e. The van der Waals surface area contributed by atoms with E-state index in [0.717, 1.165) is 6.42 Å². The molecule has 1 atom stereocenters. The lowest BCUT2D eigenvalue weighted by atomic mass is 10.1. The fourth-order valence-corrected chi connectivity index (χ4v) is 1.96. The average Bonchev–Trinajstić information content (AvgIpc) is 2.01. The molecule has 0 saturated carbocycles. The van der Waals surface area contributed by atoms with Crippen LogP contribution in [-0.2, 0) is 0 Å². The summed E-state index contributed by atoms with van der Waals surface area (Å²) in [5.41, 5.74) is 0. The Labute approximate surface area is 86.9 Å². The molecule has 0 amide bonds. The number of rotatable bonds is 5. The average molecular weight is 199 g/mol. The second-order valence-electron chi connectivity index (χ2n) is 4.49. The molecule has 0 aliphatic rings. The molecule has 76 valence electrons. The van der Waals surface area contributed by atoms with Gasteiger partial charge in [0.2, 0.25) is 0 Å². The summed E-state index contributed by atoms with van der Waals surface area (Å²) in [4.78, 5) is 0. The van der Waals surface area contributed by atoms with Gasteiger partial charge < -0.3 is 0 Å². The zero-order valence-corrected chi connectivity index (χ0v) is 10.1. The molecule has 0 saturated heterocycles. The Kier molecular flexibility index (Phi) is 6.24. The van der Waals surface area contributed by atoms with Crippen LogP contribution in [0.1, 0.15) is 47.0 Å². The Hall–Kier alpha value is -0.160. The summed E-state index contributed by atoms with van der Waals surface area (Å²) < 4.78 is 0.390. The van der Waals surface area contributed by atoms with E-state index in [4.69, 9.17) is 5.26 Å². The lowest BCUT2D eigenvalue weighted by Gasteiger charge is -2.17.